The van der Waals surface area contributed by atoms with Gasteiger partial charge in [0.1, 0.15) is 17.3 Å². The summed E-state index contributed by atoms with van der Waals surface area (Å²) in [6.07, 6.45) is 0.0796. The lowest BCUT2D eigenvalue weighted by atomic mass is 10.0. The number of benzene rings is 2. The molecule has 0 aliphatic carbocycles. The van der Waals surface area contributed by atoms with Crippen molar-refractivity contribution in [1.29, 1.82) is 0 Å². The van der Waals surface area contributed by atoms with Gasteiger partial charge in [0.25, 0.3) is 0 Å². The Balaban J connectivity index is 1.74. The average molecular weight is 386 g/mol. The van der Waals surface area contributed by atoms with Gasteiger partial charge in [0.15, 0.2) is 0 Å². The van der Waals surface area contributed by atoms with Crippen molar-refractivity contribution in [3.05, 3.63) is 53.8 Å². The Kier molecular flexibility index (Phi) is 5.82. The third-order valence-electron chi connectivity index (χ3n) is 4.90. The molecule has 2 aromatic carbocycles. The van der Waals surface area contributed by atoms with Gasteiger partial charge in [-0.15, -0.1) is 0 Å². The summed E-state index contributed by atoms with van der Waals surface area (Å²) in [7, 11) is 3.06. The largest absolute Gasteiger partial charge is 0.497 e. The Bertz CT molecular complexity index is 886. The maximum atomic E-state index is 13.9. The van der Waals surface area contributed by atoms with Crippen LogP contribution in [0.3, 0.4) is 0 Å². The summed E-state index contributed by atoms with van der Waals surface area (Å²) in [5.41, 5.74) is 0.968. The van der Waals surface area contributed by atoms with Crippen LogP contribution in [-0.2, 0) is 9.59 Å². The van der Waals surface area contributed by atoms with Gasteiger partial charge in [0.05, 0.1) is 31.9 Å². The summed E-state index contributed by atoms with van der Waals surface area (Å²) >= 11 is 0. The topological polar surface area (TPSA) is 67.9 Å². The second-order valence-corrected chi connectivity index (χ2v) is 6.69. The van der Waals surface area contributed by atoms with E-state index < -0.39 is 12.0 Å². The van der Waals surface area contributed by atoms with E-state index in [2.05, 4.69) is 5.32 Å². The number of hydrogen-bond acceptors (Lipinski definition) is 4. The summed E-state index contributed by atoms with van der Waals surface area (Å²) in [5.74, 6) is -0.253. The SMILES string of the molecule is COc1ccc(OC)c(N2C[C@@H](C(=O)N[C@H](C)c3ccccc3F)CC2=O)c1. The molecular formula is C21H23FN2O4. The van der Waals surface area contributed by atoms with Gasteiger partial charge in [-0.05, 0) is 25.1 Å². The van der Waals surface area contributed by atoms with Crippen LogP contribution in [0.25, 0.3) is 0 Å². The highest BCUT2D eigenvalue weighted by Gasteiger charge is 2.37. The van der Waals surface area contributed by atoms with Crippen molar-refractivity contribution in [2.45, 2.75) is 19.4 Å². The Labute approximate surface area is 163 Å². The highest BCUT2D eigenvalue weighted by molar-refractivity contribution is 6.01. The standard InChI is InChI=1S/C21H23FN2O4/c1-13(16-6-4-5-7-17(16)22)23-21(26)14-10-20(25)24(12-14)18-11-15(27-2)8-9-19(18)28-3/h4-9,11,13-14H,10,12H2,1-3H3,(H,23,26)/t13-,14+/m1/s1. The molecule has 0 saturated carbocycles. The first kappa shape index (κ1) is 19.7. The van der Waals surface area contributed by atoms with Crippen molar-refractivity contribution in [2.24, 2.45) is 5.92 Å². The zero-order valence-electron chi connectivity index (χ0n) is 16.1. The van der Waals surface area contributed by atoms with E-state index in [0.717, 1.165) is 0 Å². The number of carbonyl (C=O) groups is 2. The van der Waals surface area contributed by atoms with Gasteiger partial charge >= 0.3 is 0 Å². The van der Waals surface area contributed by atoms with Gasteiger partial charge < -0.3 is 19.7 Å². The molecule has 3 rings (SSSR count). The molecule has 1 saturated heterocycles. The lowest BCUT2D eigenvalue weighted by Crippen LogP contribution is -2.35. The molecule has 2 aromatic rings. The first-order valence-electron chi connectivity index (χ1n) is 9.01. The summed E-state index contributed by atoms with van der Waals surface area (Å²) in [5, 5.41) is 2.81. The van der Waals surface area contributed by atoms with E-state index in [0.29, 0.717) is 22.7 Å². The first-order chi connectivity index (χ1) is 13.4. The van der Waals surface area contributed by atoms with Crippen molar-refractivity contribution in [2.75, 3.05) is 25.7 Å². The Hall–Kier alpha value is -3.09. The van der Waals surface area contributed by atoms with E-state index in [1.165, 1.54) is 25.2 Å². The van der Waals surface area contributed by atoms with E-state index >= 15 is 0 Å². The lowest BCUT2D eigenvalue weighted by molar-refractivity contribution is -0.126. The summed E-state index contributed by atoms with van der Waals surface area (Å²) in [6, 6.07) is 11.0. The van der Waals surface area contributed by atoms with Crippen molar-refractivity contribution < 1.29 is 23.5 Å². The summed E-state index contributed by atoms with van der Waals surface area (Å²) in [4.78, 5) is 26.8. The van der Waals surface area contributed by atoms with Crippen molar-refractivity contribution in [3.8, 4) is 11.5 Å². The first-order valence-corrected chi connectivity index (χ1v) is 9.01. The molecular weight excluding hydrogens is 363 g/mol. The molecule has 2 amide bonds. The Morgan fingerprint density at radius 2 is 1.96 bits per heavy atom. The number of halogens is 1. The molecule has 7 heteroatoms. The van der Waals surface area contributed by atoms with Crippen LogP contribution >= 0.6 is 0 Å². The van der Waals surface area contributed by atoms with Gasteiger partial charge in [-0.2, -0.15) is 0 Å². The van der Waals surface area contributed by atoms with E-state index in [-0.39, 0.29) is 30.6 Å². The quantitative estimate of drug-likeness (QED) is 0.829. The van der Waals surface area contributed by atoms with E-state index in [9.17, 15) is 14.0 Å². The number of anilines is 1. The van der Waals surface area contributed by atoms with Crippen molar-refractivity contribution >= 4 is 17.5 Å². The average Bonchev–Trinajstić information content (AvgIpc) is 3.09. The second-order valence-electron chi connectivity index (χ2n) is 6.69. The second kappa shape index (κ2) is 8.29. The van der Waals surface area contributed by atoms with Crippen molar-refractivity contribution in [1.82, 2.24) is 5.32 Å². The van der Waals surface area contributed by atoms with Crippen LogP contribution in [0.1, 0.15) is 24.9 Å². The maximum absolute atomic E-state index is 13.9. The number of amides is 2. The summed E-state index contributed by atoms with van der Waals surface area (Å²) < 4.78 is 24.5. The monoisotopic (exact) mass is 386 g/mol. The number of nitrogens with one attached hydrogen (secondary N) is 1. The van der Waals surface area contributed by atoms with Crippen LogP contribution in [0.5, 0.6) is 11.5 Å². The number of ether oxygens (including phenoxy) is 2. The molecule has 1 heterocycles. The van der Waals surface area contributed by atoms with Gasteiger partial charge in [-0.3, -0.25) is 9.59 Å². The smallest absolute Gasteiger partial charge is 0.227 e. The van der Waals surface area contributed by atoms with Crippen LogP contribution in [0.4, 0.5) is 10.1 Å². The minimum Gasteiger partial charge on any atom is -0.497 e. The van der Waals surface area contributed by atoms with Gasteiger partial charge in [0.2, 0.25) is 11.8 Å². The van der Waals surface area contributed by atoms with E-state index in [1.54, 1.807) is 43.3 Å². The highest BCUT2D eigenvalue weighted by atomic mass is 19.1. The van der Waals surface area contributed by atoms with Crippen LogP contribution in [0.15, 0.2) is 42.5 Å². The number of nitrogens with zero attached hydrogens (tertiary/aromatic N) is 1. The predicted octanol–water partition coefficient (Wildman–Crippen LogP) is 3.07. The Morgan fingerprint density at radius 1 is 1.21 bits per heavy atom. The molecule has 0 radical (unpaired) electrons. The third-order valence-corrected chi connectivity index (χ3v) is 4.90. The molecule has 1 N–H and O–H groups in total. The van der Waals surface area contributed by atoms with Crippen molar-refractivity contribution in [3.63, 3.8) is 0 Å². The lowest BCUT2D eigenvalue weighted by Gasteiger charge is -2.21. The molecule has 0 spiro atoms. The third kappa shape index (κ3) is 3.93. The van der Waals surface area contributed by atoms with Gasteiger partial charge in [-0.1, -0.05) is 18.2 Å². The maximum Gasteiger partial charge on any atom is 0.227 e. The van der Waals surface area contributed by atoms with Gasteiger partial charge in [-0.25, -0.2) is 4.39 Å². The van der Waals surface area contributed by atoms with Crippen LogP contribution < -0.4 is 19.7 Å². The minimum absolute atomic E-state index is 0.0796. The zero-order chi connectivity index (χ0) is 20.3. The number of carbonyl (C=O) groups excluding carboxylic acids is 2. The highest BCUT2D eigenvalue weighted by Crippen LogP contribution is 2.36. The minimum atomic E-state index is -0.530. The summed E-state index contributed by atoms with van der Waals surface area (Å²) in [6.45, 7) is 1.94. The molecule has 2 atom stereocenters. The predicted molar refractivity (Wildman–Crippen MR) is 103 cm³/mol. The number of rotatable bonds is 6. The van der Waals surface area contributed by atoms with E-state index in [4.69, 9.17) is 9.47 Å². The fourth-order valence-electron chi connectivity index (χ4n) is 3.36. The van der Waals surface area contributed by atoms with Crippen LogP contribution in [0, 0.1) is 11.7 Å². The van der Waals surface area contributed by atoms with Crippen LogP contribution in [-0.4, -0.2) is 32.6 Å². The van der Waals surface area contributed by atoms with Crippen LogP contribution in [0.2, 0.25) is 0 Å². The zero-order valence-corrected chi connectivity index (χ0v) is 16.1. The Morgan fingerprint density at radius 3 is 2.64 bits per heavy atom. The fraction of sp³-hybridized carbons (Fsp3) is 0.333. The molecule has 0 unspecified atom stereocenters. The molecule has 6 nitrogen and oxygen atoms in total. The normalized spacial score (nSPS) is 17.4. The fourth-order valence-corrected chi connectivity index (χ4v) is 3.36. The van der Waals surface area contributed by atoms with E-state index in [1.807, 2.05) is 0 Å². The van der Waals surface area contributed by atoms with Gasteiger partial charge in [0, 0.05) is 24.6 Å². The molecule has 28 heavy (non-hydrogen) atoms. The number of hydrogen-bond donors (Lipinski definition) is 1. The molecule has 1 aliphatic rings. The number of methoxy groups -OCH3 is 2. The molecule has 0 aromatic heterocycles. The molecule has 148 valence electrons. The molecule has 1 aliphatic heterocycles. The molecule has 0 bridgehead atoms. The molecule has 1 fully saturated rings.